The summed E-state index contributed by atoms with van der Waals surface area (Å²) in [6.07, 6.45) is -21.5. The van der Waals surface area contributed by atoms with E-state index in [2.05, 4.69) is 0 Å². The average Bonchev–Trinajstić information content (AvgIpc) is 2.41. The van der Waals surface area contributed by atoms with Gasteiger partial charge in [0.25, 0.3) is 16.0 Å². The Bertz CT molecular complexity index is 897. The molecule has 29 heavy (non-hydrogen) atoms. The highest BCUT2D eigenvalue weighted by atomic mass is 32.2. The van der Waals surface area contributed by atoms with Gasteiger partial charge in [-0.15, -0.1) is 0 Å². The molecule has 0 radical (unpaired) electrons. The van der Waals surface area contributed by atoms with E-state index in [9.17, 15) is 66.9 Å². The van der Waals surface area contributed by atoms with Gasteiger partial charge >= 0.3 is 18.5 Å². The molecule has 0 aliphatic rings. The SMILES string of the molecule is O=S(=O)(O)CCC(F)(F)c1c(O)c(C(F)(F)F)c(C(F)(F)F)c(O)c1C(F)(F)F. The number of benzene rings is 1. The van der Waals surface area contributed by atoms with E-state index in [1.165, 1.54) is 0 Å². The van der Waals surface area contributed by atoms with Crippen LogP contribution in [0.4, 0.5) is 48.3 Å². The van der Waals surface area contributed by atoms with Gasteiger partial charge < -0.3 is 10.2 Å². The van der Waals surface area contributed by atoms with Crippen LogP contribution in [0.5, 0.6) is 11.5 Å². The predicted molar refractivity (Wildman–Crippen MR) is 69.7 cm³/mol. The molecule has 0 unspecified atom stereocenters. The van der Waals surface area contributed by atoms with Crippen molar-refractivity contribution < 1.29 is 71.5 Å². The van der Waals surface area contributed by atoms with Gasteiger partial charge in [0, 0.05) is 6.42 Å². The highest BCUT2D eigenvalue weighted by molar-refractivity contribution is 7.85. The van der Waals surface area contributed by atoms with Crippen molar-refractivity contribution in [3.63, 3.8) is 0 Å². The van der Waals surface area contributed by atoms with Crippen LogP contribution in [0.2, 0.25) is 0 Å². The van der Waals surface area contributed by atoms with Gasteiger partial charge in [0.2, 0.25) is 0 Å². The topological polar surface area (TPSA) is 94.8 Å². The molecular formula is C12H7F11O5S. The lowest BCUT2D eigenvalue weighted by Gasteiger charge is -2.28. The number of phenolic OH excluding ortho intramolecular Hbond substituents is 2. The Kier molecular flexibility index (Phi) is 6.06. The number of alkyl halides is 11. The zero-order valence-electron chi connectivity index (χ0n) is 13.1. The molecule has 3 N–H and O–H groups in total. The number of hydrogen-bond donors (Lipinski definition) is 3. The second kappa shape index (κ2) is 7.03. The van der Waals surface area contributed by atoms with Crippen LogP contribution in [0.25, 0.3) is 0 Å². The van der Waals surface area contributed by atoms with Crippen LogP contribution < -0.4 is 0 Å². The quantitative estimate of drug-likeness (QED) is 0.340. The third kappa shape index (κ3) is 5.31. The van der Waals surface area contributed by atoms with Crippen LogP contribution in [0, 0.1) is 0 Å². The number of phenols is 2. The van der Waals surface area contributed by atoms with Crippen molar-refractivity contribution in [1.82, 2.24) is 0 Å². The third-order valence-corrected chi connectivity index (χ3v) is 4.06. The molecule has 0 fully saturated rings. The summed E-state index contributed by atoms with van der Waals surface area (Å²) in [6.45, 7) is 0. The summed E-state index contributed by atoms with van der Waals surface area (Å²) < 4.78 is 174. The first-order valence-electron chi connectivity index (χ1n) is 6.68. The Labute approximate surface area is 153 Å². The minimum atomic E-state index is -6.38. The normalized spacial score (nSPS) is 14.3. The maximum atomic E-state index is 14.1. The first-order chi connectivity index (χ1) is 12.5. The molecule has 1 aromatic carbocycles. The first-order valence-corrected chi connectivity index (χ1v) is 8.29. The number of hydrogen-bond acceptors (Lipinski definition) is 4. The maximum absolute atomic E-state index is 14.1. The maximum Gasteiger partial charge on any atom is 0.420 e. The molecule has 5 nitrogen and oxygen atoms in total. The molecular weight excluding hydrogens is 465 g/mol. The van der Waals surface area contributed by atoms with Gasteiger partial charge in [0.05, 0.1) is 11.3 Å². The van der Waals surface area contributed by atoms with Crippen molar-refractivity contribution >= 4 is 10.1 Å². The van der Waals surface area contributed by atoms with Crippen molar-refractivity contribution in [3.05, 3.63) is 22.3 Å². The number of halogens is 11. The summed E-state index contributed by atoms with van der Waals surface area (Å²) >= 11 is 0. The van der Waals surface area contributed by atoms with Gasteiger partial charge in [-0.25, -0.2) is 8.78 Å². The first kappa shape index (κ1) is 25.0. The van der Waals surface area contributed by atoms with Crippen molar-refractivity contribution in [1.29, 1.82) is 0 Å². The molecule has 0 saturated carbocycles. The Hall–Kier alpha value is -2.04. The van der Waals surface area contributed by atoms with Crippen molar-refractivity contribution in [2.75, 3.05) is 5.75 Å². The molecule has 0 atom stereocenters. The van der Waals surface area contributed by atoms with E-state index in [4.69, 9.17) is 4.55 Å². The smallest absolute Gasteiger partial charge is 0.420 e. The second-order valence-corrected chi connectivity index (χ2v) is 7.00. The zero-order chi connectivity index (χ0) is 23.4. The van der Waals surface area contributed by atoms with Gasteiger partial charge in [-0.3, -0.25) is 4.55 Å². The minimum Gasteiger partial charge on any atom is -0.507 e. The summed E-state index contributed by atoms with van der Waals surface area (Å²) in [4.78, 5) is 0. The molecule has 168 valence electrons. The van der Waals surface area contributed by atoms with Gasteiger partial charge in [-0.05, 0) is 0 Å². The van der Waals surface area contributed by atoms with E-state index >= 15 is 0 Å². The van der Waals surface area contributed by atoms with E-state index in [1.807, 2.05) is 0 Å². The molecule has 1 aromatic rings. The molecule has 0 saturated heterocycles. The summed E-state index contributed by atoms with van der Waals surface area (Å²) in [5.74, 6) is -13.9. The Balaban J connectivity index is 4.16. The molecule has 0 aliphatic carbocycles. The van der Waals surface area contributed by atoms with Crippen LogP contribution in [-0.2, 0) is 34.6 Å². The molecule has 0 heterocycles. The monoisotopic (exact) mass is 472 g/mol. The zero-order valence-corrected chi connectivity index (χ0v) is 14.0. The number of aromatic hydroxyl groups is 2. The van der Waals surface area contributed by atoms with E-state index in [-0.39, 0.29) is 0 Å². The largest absolute Gasteiger partial charge is 0.507 e. The summed E-state index contributed by atoms with van der Waals surface area (Å²) in [6, 6.07) is 0. The van der Waals surface area contributed by atoms with Crippen molar-refractivity contribution in [3.8, 4) is 11.5 Å². The standard InChI is InChI=1S/C12H7F11O5S/c13-9(14,1-2-29(26,27)28)3-4(10(15,16)17)8(25)6(12(21,22)23)5(7(3)24)11(18,19)20/h24-25H,1-2H2,(H,26,27,28). The molecule has 1 rings (SSSR count). The van der Waals surface area contributed by atoms with E-state index in [1.54, 1.807) is 0 Å². The van der Waals surface area contributed by atoms with Crippen molar-refractivity contribution in [2.45, 2.75) is 30.9 Å². The van der Waals surface area contributed by atoms with Gasteiger partial charge in [-0.2, -0.15) is 47.9 Å². The van der Waals surface area contributed by atoms with E-state index in [0.29, 0.717) is 0 Å². The van der Waals surface area contributed by atoms with Crippen LogP contribution in [0.1, 0.15) is 28.7 Å². The average molecular weight is 472 g/mol. The van der Waals surface area contributed by atoms with Crippen LogP contribution in [0.15, 0.2) is 0 Å². The summed E-state index contributed by atoms with van der Waals surface area (Å²) in [5, 5.41) is 18.6. The summed E-state index contributed by atoms with van der Waals surface area (Å²) in [5.41, 5.74) is -13.4. The molecule has 0 bridgehead atoms. The van der Waals surface area contributed by atoms with Crippen LogP contribution in [0.3, 0.4) is 0 Å². The van der Waals surface area contributed by atoms with Gasteiger partial charge in [0.15, 0.2) is 0 Å². The fourth-order valence-electron chi connectivity index (χ4n) is 2.29. The fourth-order valence-corrected chi connectivity index (χ4v) is 2.80. The summed E-state index contributed by atoms with van der Waals surface area (Å²) in [7, 11) is -5.31. The van der Waals surface area contributed by atoms with Crippen molar-refractivity contribution in [2.24, 2.45) is 0 Å². The van der Waals surface area contributed by atoms with Crippen LogP contribution in [-0.4, -0.2) is 28.9 Å². The van der Waals surface area contributed by atoms with Crippen LogP contribution >= 0.6 is 0 Å². The van der Waals surface area contributed by atoms with E-state index in [0.717, 1.165) is 0 Å². The highest BCUT2D eigenvalue weighted by Gasteiger charge is 2.56. The lowest BCUT2D eigenvalue weighted by molar-refractivity contribution is -0.167. The second-order valence-electron chi connectivity index (χ2n) is 5.43. The Morgan fingerprint density at radius 1 is 0.621 bits per heavy atom. The minimum absolute atomic E-state index is 2.04. The predicted octanol–water partition coefficient (Wildman–Crippen LogP) is 4.52. The van der Waals surface area contributed by atoms with Gasteiger partial charge in [-0.1, -0.05) is 0 Å². The highest BCUT2D eigenvalue weighted by Crippen LogP contribution is 2.58. The number of rotatable bonds is 4. The fraction of sp³-hybridized carbons (Fsp3) is 0.500. The molecule has 0 amide bonds. The molecule has 17 heteroatoms. The molecule has 0 aliphatic heterocycles. The lowest BCUT2D eigenvalue weighted by atomic mass is 9.89. The van der Waals surface area contributed by atoms with Gasteiger partial charge in [0.1, 0.15) is 28.2 Å². The van der Waals surface area contributed by atoms with E-state index < -0.39 is 80.5 Å². The third-order valence-electron chi connectivity index (χ3n) is 3.34. The lowest BCUT2D eigenvalue weighted by Crippen LogP contribution is -2.27. The Morgan fingerprint density at radius 3 is 1.17 bits per heavy atom. The molecule has 0 spiro atoms. The Morgan fingerprint density at radius 2 is 0.897 bits per heavy atom. The molecule has 0 aromatic heterocycles.